The van der Waals surface area contributed by atoms with Crippen molar-refractivity contribution in [3.8, 4) is 11.5 Å². The molecule has 0 saturated carbocycles. The Hall–Kier alpha value is -1.47. The van der Waals surface area contributed by atoms with Crippen LogP contribution in [0.25, 0.3) is 0 Å². The van der Waals surface area contributed by atoms with Crippen LogP contribution >= 0.6 is 15.9 Å². The van der Waals surface area contributed by atoms with Crippen LogP contribution in [0.4, 0.5) is 4.79 Å². The zero-order valence-corrected chi connectivity index (χ0v) is 14.4. The van der Waals surface area contributed by atoms with Crippen molar-refractivity contribution in [2.45, 2.75) is 6.54 Å². The summed E-state index contributed by atoms with van der Waals surface area (Å²) in [7, 11) is 6.64. The maximum atomic E-state index is 11.3. The SMILES string of the molecule is COc1cc(Br)c(CNCCNC(=O)N(C)C)cc1OC. The van der Waals surface area contributed by atoms with E-state index in [1.165, 1.54) is 4.90 Å². The standard InChI is InChI=1S/C14H22BrN3O3/c1-18(2)14(19)17-6-5-16-9-10-7-12(20-3)13(21-4)8-11(10)15/h7-8,16H,5-6,9H2,1-4H3,(H,17,19). The van der Waals surface area contributed by atoms with E-state index in [4.69, 9.17) is 9.47 Å². The zero-order chi connectivity index (χ0) is 15.8. The Bertz CT molecular complexity index is 481. The summed E-state index contributed by atoms with van der Waals surface area (Å²) in [5.74, 6) is 1.38. The van der Waals surface area contributed by atoms with E-state index in [2.05, 4.69) is 26.6 Å². The lowest BCUT2D eigenvalue weighted by Gasteiger charge is -2.14. The first kappa shape index (κ1) is 17.6. The van der Waals surface area contributed by atoms with Gasteiger partial charge in [0.05, 0.1) is 14.2 Å². The van der Waals surface area contributed by atoms with Gasteiger partial charge in [-0.15, -0.1) is 0 Å². The summed E-state index contributed by atoms with van der Waals surface area (Å²) < 4.78 is 11.5. The van der Waals surface area contributed by atoms with Gasteiger partial charge in [0.15, 0.2) is 11.5 Å². The van der Waals surface area contributed by atoms with Crippen LogP contribution < -0.4 is 20.1 Å². The topological polar surface area (TPSA) is 62.8 Å². The van der Waals surface area contributed by atoms with E-state index in [1.807, 2.05) is 12.1 Å². The second kappa shape index (κ2) is 8.74. The number of hydrogen-bond donors (Lipinski definition) is 2. The molecule has 0 bridgehead atoms. The number of urea groups is 1. The van der Waals surface area contributed by atoms with Gasteiger partial charge < -0.3 is 25.0 Å². The Morgan fingerprint density at radius 2 is 1.81 bits per heavy atom. The molecule has 1 aromatic carbocycles. The Kier molecular flexibility index (Phi) is 7.31. The number of nitrogens with one attached hydrogen (secondary N) is 2. The van der Waals surface area contributed by atoms with Gasteiger partial charge in [0, 0.05) is 38.2 Å². The molecule has 0 aliphatic rings. The van der Waals surface area contributed by atoms with Crippen LogP contribution in [0.1, 0.15) is 5.56 Å². The molecule has 0 aliphatic carbocycles. The zero-order valence-electron chi connectivity index (χ0n) is 12.8. The van der Waals surface area contributed by atoms with Crippen molar-refractivity contribution in [3.63, 3.8) is 0 Å². The van der Waals surface area contributed by atoms with Gasteiger partial charge in [0.2, 0.25) is 0 Å². The second-order valence-electron chi connectivity index (χ2n) is 4.60. The van der Waals surface area contributed by atoms with E-state index in [0.29, 0.717) is 31.1 Å². The molecule has 118 valence electrons. The molecule has 1 aromatic rings. The summed E-state index contributed by atoms with van der Waals surface area (Å²) >= 11 is 3.51. The fourth-order valence-electron chi connectivity index (χ4n) is 1.67. The number of methoxy groups -OCH3 is 2. The monoisotopic (exact) mass is 359 g/mol. The fourth-order valence-corrected chi connectivity index (χ4v) is 2.13. The van der Waals surface area contributed by atoms with Crippen LogP contribution in [0, 0.1) is 0 Å². The van der Waals surface area contributed by atoms with Crippen LogP contribution in [0.5, 0.6) is 11.5 Å². The first-order chi connectivity index (χ1) is 9.99. The van der Waals surface area contributed by atoms with Crippen molar-refractivity contribution in [1.29, 1.82) is 0 Å². The highest BCUT2D eigenvalue weighted by molar-refractivity contribution is 9.10. The molecule has 0 atom stereocenters. The molecule has 0 heterocycles. The average Bonchev–Trinajstić information content (AvgIpc) is 2.47. The van der Waals surface area contributed by atoms with E-state index in [0.717, 1.165) is 10.0 Å². The number of rotatable bonds is 7. The first-order valence-electron chi connectivity index (χ1n) is 6.55. The Morgan fingerprint density at radius 3 is 2.38 bits per heavy atom. The molecule has 0 unspecified atom stereocenters. The van der Waals surface area contributed by atoms with Crippen molar-refractivity contribution in [2.75, 3.05) is 41.4 Å². The number of carbonyl (C=O) groups is 1. The van der Waals surface area contributed by atoms with Crippen LogP contribution in [-0.2, 0) is 6.54 Å². The predicted octanol–water partition coefficient (Wildman–Crippen LogP) is 1.83. The first-order valence-corrected chi connectivity index (χ1v) is 7.35. The number of halogens is 1. The van der Waals surface area contributed by atoms with Gasteiger partial charge in [0.1, 0.15) is 0 Å². The van der Waals surface area contributed by atoms with Gasteiger partial charge in [-0.3, -0.25) is 0 Å². The number of amides is 2. The highest BCUT2D eigenvalue weighted by atomic mass is 79.9. The maximum Gasteiger partial charge on any atom is 0.316 e. The molecule has 0 aliphatic heterocycles. The molecule has 0 spiro atoms. The quantitative estimate of drug-likeness (QED) is 0.729. The predicted molar refractivity (Wildman–Crippen MR) is 86.0 cm³/mol. The molecule has 0 radical (unpaired) electrons. The normalized spacial score (nSPS) is 10.1. The maximum absolute atomic E-state index is 11.3. The highest BCUT2D eigenvalue weighted by Crippen LogP contribution is 2.33. The van der Waals surface area contributed by atoms with E-state index < -0.39 is 0 Å². The fraction of sp³-hybridized carbons (Fsp3) is 0.500. The molecule has 6 nitrogen and oxygen atoms in total. The minimum absolute atomic E-state index is 0.0934. The van der Waals surface area contributed by atoms with Crippen molar-refractivity contribution in [3.05, 3.63) is 22.2 Å². The third kappa shape index (κ3) is 5.43. The van der Waals surface area contributed by atoms with Gasteiger partial charge >= 0.3 is 6.03 Å². The summed E-state index contributed by atoms with van der Waals surface area (Å²) in [5, 5.41) is 6.06. The molecule has 1 rings (SSSR count). The Balaban J connectivity index is 2.47. The van der Waals surface area contributed by atoms with Crippen LogP contribution in [0.3, 0.4) is 0 Å². The number of hydrogen-bond acceptors (Lipinski definition) is 4. The van der Waals surface area contributed by atoms with Gasteiger partial charge in [0.25, 0.3) is 0 Å². The summed E-state index contributed by atoms with van der Waals surface area (Å²) in [4.78, 5) is 12.8. The van der Waals surface area contributed by atoms with Crippen LogP contribution in [-0.4, -0.2) is 52.3 Å². The third-order valence-corrected chi connectivity index (χ3v) is 3.59. The summed E-state index contributed by atoms with van der Waals surface area (Å²) in [5.41, 5.74) is 1.06. The Morgan fingerprint density at radius 1 is 1.19 bits per heavy atom. The molecule has 2 amide bonds. The number of benzene rings is 1. The minimum atomic E-state index is -0.0934. The van der Waals surface area contributed by atoms with Crippen molar-refractivity contribution in [2.24, 2.45) is 0 Å². The molecule has 2 N–H and O–H groups in total. The molecule has 0 saturated heterocycles. The lowest BCUT2D eigenvalue weighted by atomic mass is 10.2. The van der Waals surface area contributed by atoms with Gasteiger partial charge in [-0.1, -0.05) is 15.9 Å². The highest BCUT2D eigenvalue weighted by Gasteiger charge is 2.09. The van der Waals surface area contributed by atoms with Crippen LogP contribution in [0.2, 0.25) is 0 Å². The van der Waals surface area contributed by atoms with Crippen molar-refractivity contribution in [1.82, 2.24) is 15.5 Å². The molecule has 0 aromatic heterocycles. The third-order valence-electron chi connectivity index (χ3n) is 2.85. The van der Waals surface area contributed by atoms with Gasteiger partial charge in [-0.2, -0.15) is 0 Å². The molecule has 21 heavy (non-hydrogen) atoms. The molecular formula is C14H22BrN3O3. The van der Waals surface area contributed by atoms with E-state index in [1.54, 1.807) is 28.3 Å². The van der Waals surface area contributed by atoms with E-state index in [9.17, 15) is 4.79 Å². The van der Waals surface area contributed by atoms with Crippen molar-refractivity contribution >= 4 is 22.0 Å². The summed E-state index contributed by atoms with van der Waals surface area (Å²) in [6.07, 6.45) is 0. The molecular weight excluding hydrogens is 338 g/mol. The lowest BCUT2D eigenvalue weighted by Crippen LogP contribution is -2.38. The number of ether oxygens (including phenoxy) is 2. The Labute approximate surface area is 133 Å². The van der Waals surface area contributed by atoms with Crippen LogP contribution in [0.15, 0.2) is 16.6 Å². The average molecular weight is 360 g/mol. The summed E-state index contributed by atoms with van der Waals surface area (Å²) in [6, 6.07) is 3.71. The molecule has 0 fully saturated rings. The van der Waals surface area contributed by atoms with Gasteiger partial charge in [-0.05, 0) is 17.7 Å². The smallest absolute Gasteiger partial charge is 0.316 e. The minimum Gasteiger partial charge on any atom is -0.493 e. The largest absolute Gasteiger partial charge is 0.493 e. The molecule has 7 heteroatoms. The number of nitrogens with zero attached hydrogens (tertiary/aromatic N) is 1. The summed E-state index contributed by atoms with van der Waals surface area (Å²) in [6.45, 7) is 1.92. The van der Waals surface area contributed by atoms with E-state index >= 15 is 0 Å². The van der Waals surface area contributed by atoms with Crippen molar-refractivity contribution < 1.29 is 14.3 Å². The second-order valence-corrected chi connectivity index (χ2v) is 5.46. The lowest BCUT2D eigenvalue weighted by molar-refractivity contribution is 0.217. The van der Waals surface area contributed by atoms with E-state index in [-0.39, 0.29) is 6.03 Å². The number of carbonyl (C=O) groups excluding carboxylic acids is 1. The van der Waals surface area contributed by atoms with Gasteiger partial charge in [-0.25, -0.2) is 4.79 Å².